The Bertz CT molecular complexity index is 694. The molecule has 0 heterocycles. The van der Waals surface area contributed by atoms with E-state index in [1.54, 1.807) is 18.9 Å². The number of rotatable bonds is 7. The molecule has 0 aliphatic heterocycles. The van der Waals surface area contributed by atoms with Gasteiger partial charge in [-0.1, -0.05) is 19.8 Å². The number of nitrogens with zero attached hydrogens (tertiary/aromatic N) is 1. The molecule has 162 valence electrons. The van der Waals surface area contributed by atoms with Crippen LogP contribution >= 0.6 is 0 Å². The van der Waals surface area contributed by atoms with Crippen LogP contribution in [0.2, 0.25) is 0 Å². The molecule has 9 heteroatoms. The average Bonchev–Trinajstić information content (AvgIpc) is 2.63. The van der Waals surface area contributed by atoms with Gasteiger partial charge in [-0.15, -0.1) is 13.2 Å². The summed E-state index contributed by atoms with van der Waals surface area (Å²) in [5, 5.41) is 5.67. The molecule has 1 fully saturated rings. The number of anilines is 1. The molecular weight excluding hydrogens is 387 g/mol. The summed E-state index contributed by atoms with van der Waals surface area (Å²) in [6.07, 6.45) is -0.400. The number of likely N-dealkylation sites (N-methyl/N-ethyl adjacent to an activating group) is 1. The van der Waals surface area contributed by atoms with Gasteiger partial charge in [0.2, 0.25) is 11.8 Å². The molecule has 0 aromatic heterocycles. The number of nitrogens with one attached hydrogen (secondary N) is 2. The van der Waals surface area contributed by atoms with E-state index in [4.69, 9.17) is 0 Å². The molecule has 3 atom stereocenters. The van der Waals surface area contributed by atoms with Gasteiger partial charge in [0.05, 0.1) is 12.6 Å². The summed E-state index contributed by atoms with van der Waals surface area (Å²) >= 11 is 0. The van der Waals surface area contributed by atoms with E-state index in [0.29, 0.717) is 11.6 Å². The van der Waals surface area contributed by atoms with Crippen molar-refractivity contribution in [1.29, 1.82) is 0 Å². The lowest BCUT2D eigenvalue weighted by Gasteiger charge is -2.32. The van der Waals surface area contributed by atoms with Crippen molar-refractivity contribution in [2.24, 2.45) is 5.92 Å². The fraction of sp³-hybridized carbons (Fsp3) is 0.600. The standard InChI is InChI=1S/C20H28F3N3O3/c1-13-6-4-5-7-17(13)25-19(28)14(2)26(3)12-18(27)24-15-8-10-16(11-9-15)29-20(21,22)23/h8-11,13-14,17H,4-7,12H2,1-3H3,(H,24,27)(H,25,28)/t13-,14+,17-/m0/s1. The van der Waals surface area contributed by atoms with Crippen molar-refractivity contribution < 1.29 is 27.5 Å². The minimum Gasteiger partial charge on any atom is -0.406 e. The molecule has 0 saturated heterocycles. The second-order valence-corrected chi connectivity index (χ2v) is 7.59. The van der Waals surface area contributed by atoms with E-state index in [9.17, 15) is 22.8 Å². The molecule has 0 spiro atoms. The summed E-state index contributed by atoms with van der Waals surface area (Å²) in [7, 11) is 1.67. The number of hydrogen-bond donors (Lipinski definition) is 2. The van der Waals surface area contributed by atoms with Crippen molar-refractivity contribution in [1.82, 2.24) is 10.2 Å². The topological polar surface area (TPSA) is 70.7 Å². The molecule has 1 aliphatic carbocycles. The lowest BCUT2D eigenvalue weighted by Crippen LogP contribution is -2.50. The fourth-order valence-electron chi connectivity index (χ4n) is 3.34. The Hall–Kier alpha value is -2.29. The Kier molecular flexibility index (Phi) is 7.89. The largest absolute Gasteiger partial charge is 0.573 e. The van der Waals surface area contributed by atoms with Crippen molar-refractivity contribution in [3.63, 3.8) is 0 Å². The van der Waals surface area contributed by atoms with Gasteiger partial charge in [-0.05, 0) is 57.0 Å². The van der Waals surface area contributed by atoms with Crippen LogP contribution in [0.25, 0.3) is 0 Å². The highest BCUT2D eigenvalue weighted by atomic mass is 19.4. The van der Waals surface area contributed by atoms with Gasteiger partial charge in [-0.2, -0.15) is 0 Å². The lowest BCUT2D eigenvalue weighted by atomic mass is 9.86. The molecule has 2 amide bonds. The predicted molar refractivity (Wildman–Crippen MR) is 103 cm³/mol. The molecule has 2 rings (SSSR count). The van der Waals surface area contributed by atoms with E-state index in [-0.39, 0.29) is 30.2 Å². The average molecular weight is 415 g/mol. The van der Waals surface area contributed by atoms with Crippen LogP contribution in [-0.4, -0.2) is 48.8 Å². The van der Waals surface area contributed by atoms with E-state index < -0.39 is 12.4 Å². The van der Waals surface area contributed by atoms with Crippen LogP contribution in [0.1, 0.15) is 39.5 Å². The number of carbonyl (C=O) groups is 2. The quantitative estimate of drug-likeness (QED) is 0.715. The SMILES string of the molecule is C[C@H](C(=O)N[C@H]1CCCC[C@@H]1C)N(C)CC(=O)Nc1ccc(OC(F)(F)F)cc1. The Morgan fingerprint density at radius 1 is 1.21 bits per heavy atom. The highest BCUT2D eigenvalue weighted by Gasteiger charge is 2.31. The van der Waals surface area contributed by atoms with Gasteiger partial charge in [-0.25, -0.2) is 0 Å². The zero-order valence-corrected chi connectivity index (χ0v) is 16.9. The number of hydrogen-bond acceptors (Lipinski definition) is 4. The minimum absolute atomic E-state index is 0.0321. The van der Waals surface area contributed by atoms with Gasteiger partial charge in [0.15, 0.2) is 0 Å². The van der Waals surface area contributed by atoms with Gasteiger partial charge in [0.25, 0.3) is 0 Å². The normalized spacial score (nSPS) is 20.8. The maximum absolute atomic E-state index is 12.5. The van der Waals surface area contributed by atoms with Crippen LogP contribution in [0, 0.1) is 5.92 Å². The molecule has 1 aromatic carbocycles. The number of amides is 2. The number of halogens is 3. The van der Waals surface area contributed by atoms with E-state index >= 15 is 0 Å². The fourth-order valence-corrected chi connectivity index (χ4v) is 3.34. The first-order chi connectivity index (χ1) is 13.5. The molecule has 1 saturated carbocycles. The summed E-state index contributed by atoms with van der Waals surface area (Å²) < 4.78 is 40.3. The van der Waals surface area contributed by atoms with Crippen LogP contribution in [0.15, 0.2) is 24.3 Å². The molecule has 0 unspecified atom stereocenters. The number of benzene rings is 1. The number of alkyl halides is 3. The molecular formula is C20H28F3N3O3. The first kappa shape index (κ1) is 23.0. The monoisotopic (exact) mass is 415 g/mol. The predicted octanol–water partition coefficient (Wildman–Crippen LogP) is 3.54. The second-order valence-electron chi connectivity index (χ2n) is 7.59. The van der Waals surface area contributed by atoms with Gasteiger partial charge >= 0.3 is 6.36 Å². The van der Waals surface area contributed by atoms with Crippen LogP contribution in [0.5, 0.6) is 5.75 Å². The molecule has 29 heavy (non-hydrogen) atoms. The first-order valence-electron chi connectivity index (χ1n) is 9.71. The van der Waals surface area contributed by atoms with E-state index in [1.807, 2.05) is 0 Å². The van der Waals surface area contributed by atoms with Crippen molar-refractivity contribution >= 4 is 17.5 Å². The van der Waals surface area contributed by atoms with Crippen molar-refractivity contribution in [3.8, 4) is 5.75 Å². The van der Waals surface area contributed by atoms with Crippen LogP contribution < -0.4 is 15.4 Å². The van der Waals surface area contributed by atoms with E-state index in [2.05, 4.69) is 22.3 Å². The van der Waals surface area contributed by atoms with Gasteiger partial charge in [0.1, 0.15) is 5.75 Å². The molecule has 1 aromatic rings. The molecule has 0 bridgehead atoms. The van der Waals surface area contributed by atoms with Crippen molar-refractivity contribution in [2.75, 3.05) is 18.9 Å². The Balaban J connectivity index is 1.82. The molecule has 0 radical (unpaired) electrons. The third kappa shape index (κ3) is 7.56. The van der Waals surface area contributed by atoms with Gasteiger partial charge in [0, 0.05) is 11.7 Å². The van der Waals surface area contributed by atoms with Crippen molar-refractivity contribution in [2.45, 2.75) is 58.0 Å². The second kappa shape index (κ2) is 9.96. The number of carbonyl (C=O) groups excluding carboxylic acids is 2. The Morgan fingerprint density at radius 2 is 1.83 bits per heavy atom. The summed E-state index contributed by atoms with van der Waals surface area (Å²) in [6, 6.07) is 4.55. The van der Waals surface area contributed by atoms with E-state index in [1.165, 1.54) is 18.6 Å². The highest BCUT2D eigenvalue weighted by molar-refractivity contribution is 5.92. The third-order valence-electron chi connectivity index (χ3n) is 5.24. The number of ether oxygens (including phenoxy) is 1. The Labute approximate surface area is 168 Å². The lowest BCUT2D eigenvalue weighted by molar-refractivity contribution is -0.274. The zero-order valence-electron chi connectivity index (χ0n) is 16.9. The Morgan fingerprint density at radius 3 is 2.41 bits per heavy atom. The molecule has 6 nitrogen and oxygen atoms in total. The van der Waals surface area contributed by atoms with Gasteiger partial charge < -0.3 is 15.4 Å². The molecule has 1 aliphatic rings. The minimum atomic E-state index is -4.76. The third-order valence-corrected chi connectivity index (χ3v) is 5.24. The maximum Gasteiger partial charge on any atom is 0.573 e. The highest BCUT2D eigenvalue weighted by Crippen LogP contribution is 2.25. The van der Waals surface area contributed by atoms with Crippen LogP contribution in [-0.2, 0) is 9.59 Å². The van der Waals surface area contributed by atoms with Crippen molar-refractivity contribution in [3.05, 3.63) is 24.3 Å². The zero-order chi connectivity index (χ0) is 21.6. The summed E-state index contributed by atoms with van der Waals surface area (Å²) in [5.41, 5.74) is 0.339. The van der Waals surface area contributed by atoms with E-state index in [0.717, 1.165) is 31.4 Å². The molecule has 2 N–H and O–H groups in total. The van der Waals surface area contributed by atoms with Crippen LogP contribution in [0.3, 0.4) is 0 Å². The summed E-state index contributed by atoms with van der Waals surface area (Å²) in [4.78, 5) is 26.3. The maximum atomic E-state index is 12.5. The van der Waals surface area contributed by atoms with Crippen LogP contribution in [0.4, 0.5) is 18.9 Å². The summed E-state index contributed by atoms with van der Waals surface area (Å²) in [5.74, 6) is -0.414. The summed E-state index contributed by atoms with van der Waals surface area (Å²) in [6.45, 7) is 3.84. The van der Waals surface area contributed by atoms with Gasteiger partial charge in [-0.3, -0.25) is 14.5 Å². The first-order valence-corrected chi connectivity index (χ1v) is 9.71. The smallest absolute Gasteiger partial charge is 0.406 e.